The number of rotatable bonds is 6. The van der Waals surface area contributed by atoms with E-state index < -0.39 is 0 Å². The van der Waals surface area contributed by atoms with Crippen LogP contribution in [-0.2, 0) is 16.1 Å². The molecule has 1 saturated carbocycles. The van der Waals surface area contributed by atoms with Crippen molar-refractivity contribution in [1.82, 2.24) is 0 Å². The third-order valence-electron chi connectivity index (χ3n) is 4.06. The Hall–Kier alpha value is -0.810. The lowest BCUT2D eigenvalue weighted by Crippen LogP contribution is -2.10. The second-order valence-electron chi connectivity index (χ2n) is 5.97. The monoisotopic (exact) mass is 430 g/mol. The van der Waals surface area contributed by atoms with E-state index in [-0.39, 0.29) is 29.8 Å². The van der Waals surface area contributed by atoms with E-state index in [2.05, 4.69) is 45.7 Å². The van der Waals surface area contributed by atoms with E-state index in [1.165, 1.54) is 0 Å². The average molecular weight is 432 g/mol. The van der Waals surface area contributed by atoms with E-state index in [4.69, 9.17) is 9.47 Å². The molecule has 0 radical (unpaired) electrons. The third-order valence-corrected chi connectivity index (χ3v) is 4.59. The summed E-state index contributed by atoms with van der Waals surface area (Å²) in [7, 11) is 0. The molecule has 0 bridgehead atoms. The van der Waals surface area contributed by atoms with Gasteiger partial charge in [0.25, 0.3) is 0 Å². The minimum atomic E-state index is -0.144. The van der Waals surface area contributed by atoms with Crippen molar-refractivity contribution in [2.24, 2.45) is 17.3 Å². The van der Waals surface area contributed by atoms with Crippen LogP contribution in [0.25, 0.3) is 0 Å². The summed E-state index contributed by atoms with van der Waals surface area (Å²) >= 11 is 6.71. The summed E-state index contributed by atoms with van der Waals surface area (Å²) in [5.74, 6) is 0.761. The molecular formula is C17H20Br2O3. The average Bonchev–Trinajstić information content (AvgIpc) is 2.97. The number of ether oxygens (including phenoxy) is 2. The normalized spacial score (nSPS) is 21.9. The summed E-state index contributed by atoms with van der Waals surface area (Å²) in [4.78, 5) is 12.3. The van der Waals surface area contributed by atoms with Gasteiger partial charge in [-0.05, 0) is 67.8 Å². The predicted molar refractivity (Wildman–Crippen MR) is 94.1 cm³/mol. The Morgan fingerprint density at radius 3 is 2.73 bits per heavy atom. The van der Waals surface area contributed by atoms with Gasteiger partial charge in [-0.1, -0.05) is 32.1 Å². The largest absolute Gasteiger partial charge is 0.494 e. The summed E-state index contributed by atoms with van der Waals surface area (Å²) in [6.45, 7) is 7.00. The van der Waals surface area contributed by atoms with Gasteiger partial charge in [0.15, 0.2) is 0 Å². The van der Waals surface area contributed by atoms with Gasteiger partial charge in [-0.15, -0.1) is 0 Å². The third kappa shape index (κ3) is 4.13. The summed E-state index contributed by atoms with van der Waals surface area (Å²) in [6.07, 6.45) is 2.02. The van der Waals surface area contributed by atoms with Crippen molar-refractivity contribution in [1.29, 1.82) is 0 Å². The maximum absolute atomic E-state index is 12.3. The molecule has 0 amide bonds. The molecule has 0 saturated heterocycles. The molecule has 3 nitrogen and oxygen atoms in total. The topological polar surface area (TPSA) is 35.5 Å². The number of halogens is 2. The van der Waals surface area contributed by atoms with Crippen molar-refractivity contribution in [3.05, 3.63) is 39.3 Å². The molecule has 1 aromatic rings. The zero-order valence-corrected chi connectivity index (χ0v) is 16.1. The number of allylic oxidation sites excluding steroid dienone is 1. The second kappa shape index (κ2) is 7.18. The molecule has 1 aliphatic rings. The number of esters is 1. The first-order valence-electron chi connectivity index (χ1n) is 7.27. The molecule has 0 spiro atoms. The smallest absolute Gasteiger partial charge is 0.310 e. The molecule has 1 fully saturated rings. The van der Waals surface area contributed by atoms with Crippen LogP contribution < -0.4 is 4.74 Å². The molecule has 5 heteroatoms. The Morgan fingerprint density at radius 1 is 1.36 bits per heavy atom. The van der Waals surface area contributed by atoms with Gasteiger partial charge >= 0.3 is 5.97 Å². The Kier molecular flexibility index (Phi) is 5.72. The highest BCUT2D eigenvalue weighted by atomic mass is 79.9. The van der Waals surface area contributed by atoms with Gasteiger partial charge in [-0.25, -0.2) is 0 Å². The van der Waals surface area contributed by atoms with Crippen LogP contribution in [0.2, 0.25) is 0 Å². The van der Waals surface area contributed by atoms with E-state index in [0.717, 1.165) is 14.7 Å². The van der Waals surface area contributed by atoms with Crippen molar-refractivity contribution in [3.63, 3.8) is 0 Å². The van der Waals surface area contributed by atoms with Crippen LogP contribution in [0.4, 0.5) is 0 Å². The summed E-state index contributed by atoms with van der Waals surface area (Å²) in [5.41, 5.74) is 0.878. The predicted octanol–water partition coefficient (Wildman–Crippen LogP) is 5.03. The summed E-state index contributed by atoms with van der Waals surface area (Å²) in [6, 6.07) is 7.64. The van der Waals surface area contributed by atoms with Crippen molar-refractivity contribution in [3.8, 4) is 5.75 Å². The van der Waals surface area contributed by atoms with Gasteiger partial charge in [0.1, 0.15) is 12.4 Å². The Bertz CT molecular complexity index is 577. The first-order chi connectivity index (χ1) is 10.4. The van der Waals surface area contributed by atoms with Crippen LogP contribution in [0.15, 0.2) is 33.7 Å². The number of carbonyl (C=O) groups excluding carboxylic acids is 1. The minimum absolute atomic E-state index is 0.0585. The summed E-state index contributed by atoms with van der Waals surface area (Å²) < 4.78 is 11.8. The molecule has 22 heavy (non-hydrogen) atoms. The molecule has 0 aromatic heterocycles. The van der Waals surface area contributed by atoms with E-state index in [1.807, 2.05) is 37.3 Å². The first kappa shape index (κ1) is 17.5. The number of benzene rings is 1. The lowest BCUT2D eigenvalue weighted by atomic mass is 10.1. The fourth-order valence-corrected chi connectivity index (χ4v) is 3.28. The second-order valence-corrected chi connectivity index (χ2v) is 8.74. The molecule has 1 aromatic carbocycles. The number of hydrogen-bond acceptors (Lipinski definition) is 3. The lowest BCUT2D eigenvalue weighted by molar-refractivity contribution is -0.147. The molecule has 0 aliphatic heterocycles. The van der Waals surface area contributed by atoms with Gasteiger partial charge < -0.3 is 9.47 Å². The molecule has 0 heterocycles. The Morgan fingerprint density at radius 2 is 2.09 bits per heavy atom. The molecule has 0 unspecified atom stereocenters. The van der Waals surface area contributed by atoms with Crippen LogP contribution in [0.5, 0.6) is 5.75 Å². The SMILES string of the molecule is CCOc1cccc(COC(=O)[C@@H]2[C@H](C=C(Br)Br)C2(C)C)c1. The van der Waals surface area contributed by atoms with Crippen molar-refractivity contribution in [2.45, 2.75) is 27.4 Å². The molecule has 0 N–H and O–H groups in total. The van der Waals surface area contributed by atoms with Crippen LogP contribution in [0.1, 0.15) is 26.3 Å². The van der Waals surface area contributed by atoms with Crippen molar-refractivity contribution >= 4 is 37.8 Å². The van der Waals surface area contributed by atoms with Gasteiger partial charge in [-0.2, -0.15) is 0 Å². The van der Waals surface area contributed by atoms with E-state index >= 15 is 0 Å². The number of carbonyl (C=O) groups is 1. The van der Waals surface area contributed by atoms with Crippen LogP contribution in [0, 0.1) is 17.3 Å². The van der Waals surface area contributed by atoms with E-state index in [9.17, 15) is 4.79 Å². The van der Waals surface area contributed by atoms with Crippen LogP contribution in [-0.4, -0.2) is 12.6 Å². The molecule has 120 valence electrons. The minimum Gasteiger partial charge on any atom is -0.494 e. The van der Waals surface area contributed by atoms with Crippen molar-refractivity contribution in [2.75, 3.05) is 6.61 Å². The highest BCUT2D eigenvalue weighted by Gasteiger charge is 2.61. The molecular weight excluding hydrogens is 412 g/mol. The zero-order valence-electron chi connectivity index (χ0n) is 12.9. The number of hydrogen-bond donors (Lipinski definition) is 0. The van der Waals surface area contributed by atoms with E-state index in [0.29, 0.717) is 6.61 Å². The van der Waals surface area contributed by atoms with Gasteiger partial charge in [0.05, 0.1) is 15.9 Å². The molecule has 2 atom stereocenters. The Balaban J connectivity index is 1.94. The van der Waals surface area contributed by atoms with Crippen LogP contribution >= 0.6 is 31.9 Å². The molecule has 1 aliphatic carbocycles. The van der Waals surface area contributed by atoms with Gasteiger partial charge in [0, 0.05) is 0 Å². The standard InChI is InChI=1S/C17H20Br2O3/c1-4-21-12-7-5-6-11(8-12)10-22-16(20)15-13(9-14(18)19)17(15,2)3/h5-9,13,15H,4,10H2,1-3H3/t13-,15-/m0/s1. The fraction of sp³-hybridized carbons (Fsp3) is 0.471. The molecule has 2 rings (SSSR count). The highest BCUT2D eigenvalue weighted by molar-refractivity contribution is 9.28. The zero-order chi connectivity index (χ0) is 16.3. The quantitative estimate of drug-likeness (QED) is 0.592. The summed E-state index contributed by atoms with van der Waals surface area (Å²) in [5, 5.41) is 0. The maximum Gasteiger partial charge on any atom is 0.310 e. The van der Waals surface area contributed by atoms with Gasteiger partial charge in [-0.3, -0.25) is 4.79 Å². The Labute approximate surface area is 148 Å². The fourth-order valence-electron chi connectivity index (χ4n) is 2.71. The van der Waals surface area contributed by atoms with Crippen molar-refractivity contribution < 1.29 is 14.3 Å². The first-order valence-corrected chi connectivity index (χ1v) is 8.86. The lowest BCUT2D eigenvalue weighted by Gasteiger charge is -2.08. The van der Waals surface area contributed by atoms with E-state index in [1.54, 1.807) is 0 Å². The van der Waals surface area contributed by atoms with Gasteiger partial charge in [0.2, 0.25) is 0 Å². The van der Waals surface area contributed by atoms with Crippen LogP contribution in [0.3, 0.4) is 0 Å². The highest BCUT2D eigenvalue weighted by Crippen LogP contribution is 2.60. The maximum atomic E-state index is 12.3.